The number of nitrogens with zero attached hydrogens (tertiary/aromatic N) is 4. The first-order valence-electron chi connectivity index (χ1n) is 11.0. The first-order chi connectivity index (χ1) is 15.6. The molecule has 3 heterocycles. The number of para-hydroxylation sites is 2. The van der Waals surface area contributed by atoms with E-state index in [9.17, 15) is 9.18 Å². The molecule has 32 heavy (non-hydrogen) atoms. The molecule has 1 aliphatic heterocycles. The molecule has 0 unspecified atom stereocenters. The van der Waals surface area contributed by atoms with Gasteiger partial charge in [-0.15, -0.1) is 0 Å². The fraction of sp³-hybridized carbons (Fsp3) is 0.320. The molecule has 164 valence electrons. The van der Waals surface area contributed by atoms with Gasteiger partial charge in [0, 0.05) is 13.0 Å². The maximum absolute atomic E-state index is 13.5. The Bertz CT molecular complexity index is 1260. The van der Waals surface area contributed by atoms with E-state index in [1.807, 2.05) is 46.7 Å². The fourth-order valence-electron chi connectivity index (χ4n) is 4.51. The van der Waals surface area contributed by atoms with Gasteiger partial charge >= 0.3 is 0 Å². The van der Waals surface area contributed by atoms with Crippen LogP contribution in [-0.2, 0) is 17.8 Å². The monoisotopic (exact) mass is 432 g/mol. The molecule has 2 aromatic heterocycles. The molecule has 0 spiro atoms. The van der Waals surface area contributed by atoms with Crippen LogP contribution in [0.5, 0.6) is 0 Å². The second kappa shape index (κ2) is 8.57. The van der Waals surface area contributed by atoms with Gasteiger partial charge in [-0.1, -0.05) is 24.3 Å². The molecule has 5 rings (SSSR count). The third-order valence-corrected chi connectivity index (χ3v) is 6.09. The minimum Gasteiger partial charge on any atom is -0.443 e. The first-order valence-corrected chi connectivity index (χ1v) is 11.0. The smallest absolute Gasteiger partial charge is 0.243 e. The van der Waals surface area contributed by atoms with Crippen LogP contribution in [0.25, 0.3) is 11.0 Å². The van der Waals surface area contributed by atoms with Crippen LogP contribution in [-0.4, -0.2) is 31.9 Å². The van der Waals surface area contributed by atoms with E-state index < -0.39 is 0 Å². The first kappa shape index (κ1) is 20.4. The molecule has 1 amide bonds. The molecule has 0 bridgehead atoms. The lowest BCUT2D eigenvalue weighted by Gasteiger charge is -2.34. The molecular weight excluding hydrogens is 407 g/mol. The van der Waals surface area contributed by atoms with Gasteiger partial charge in [0.2, 0.25) is 11.8 Å². The molecule has 1 atom stereocenters. The van der Waals surface area contributed by atoms with Crippen LogP contribution in [0, 0.1) is 12.7 Å². The Hall–Kier alpha value is -3.48. The van der Waals surface area contributed by atoms with Crippen molar-refractivity contribution in [1.82, 2.24) is 19.4 Å². The number of carbonyl (C=O) groups excluding carboxylic acids is 1. The van der Waals surface area contributed by atoms with Crippen molar-refractivity contribution in [2.75, 3.05) is 6.54 Å². The highest BCUT2D eigenvalue weighted by Gasteiger charge is 2.31. The maximum atomic E-state index is 13.5. The SMILES string of the molecule is Cc1nc2ccccc2n1CC(=O)N1CCCC[C@H]1c1ncc(Cc2cccc(F)c2)o1. The summed E-state index contributed by atoms with van der Waals surface area (Å²) >= 11 is 0. The van der Waals surface area contributed by atoms with E-state index >= 15 is 0 Å². The molecule has 1 fully saturated rings. The van der Waals surface area contributed by atoms with Gasteiger partial charge in [0.15, 0.2) is 0 Å². The molecule has 1 saturated heterocycles. The highest BCUT2D eigenvalue weighted by Crippen LogP contribution is 2.31. The van der Waals surface area contributed by atoms with Crippen LogP contribution in [0.2, 0.25) is 0 Å². The van der Waals surface area contributed by atoms with Gasteiger partial charge in [0.05, 0.1) is 17.2 Å². The zero-order chi connectivity index (χ0) is 22.1. The lowest BCUT2D eigenvalue weighted by molar-refractivity contribution is -0.136. The van der Waals surface area contributed by atoms with Crippen molar-refractivity contribution in [3.63, 3.8) is 0 Å². The van der Waals surface area contributed by atoms with Crippen LogP contribution >= 0.6 is 0 Å². The Labute approximate surface area is 185 Å². The molecule has 0 radical (unpaired) electrons. The zero-order valence-corrected chi connectivity index (χ0v) is 18.0. The number of rotatable bonds is 5. The molecule has 0 N–H and O–H groups in total. The summed E-state index contributed by atoms with van der Waals surface area (Å²) in [5.74, 6) is 1.80. The number of hydrogen-bond acceptors (Lipinski definition) is 4. The van der Waals surface area contributed by atoms with E-state index in [0.717, 1.165) is 41.7 Å². The van der Waals surface area contributed by atoms with Crippen LogP contribution in [0.3, 0.4) is 0 Å². The third kappa shape index (κ3) is 4.02. The summed E-state index contributed by atoms with van der Waals surface area (Å²) in [6, 6.07) is 14.1. The largest absolute Gasteiger partial charge is 0.443 e. The number of piperidine rings is 1. The van der Waals surface area contributed by atoms with E-state index in [0.29, 0.717) is 24.6 Å². The van der Waals surface area contributed by atoms with Crippen LogP contribution in [0.1, 0.15) is 48.3 Å². The molecule has 0 aliphatic carbocycles. The summed E-state index contributed by atoms with van der Waals surface area (Å²) in [4.78, 5) is 24.3. The Balaban J connectivity index is 1.35. The Morgan fingerprint density at radius 3 is 2.94 bits per heavy atom. The molecule has 7 heteroatoms. The lowest BCUT2D eigenvalue weighted by Crippen LogP contribution is -2.40. The van der Waals surface area contributed by atoms with E-state index in [-0.39, 0.29) is 24.3 Å². The van der Waals surface area contributed by atoms with Crippen molar-refractivity contribution in [2.45, 2.75) is 45.2 Å². The van der Waals surface area contributed by atoms with Crippen LogP contribution in [0.4, 0.5) is 4.39 Å². The van der Waals surface area contributed by atoms with Gasteiger partial charge in [-0.3, -0.25) is 4.79 Å². The van der Waals surface area contributed by atoms with Crippen LogP contribution in [0.15, 0.2) is 59.1 Å². The minimum atomic E-state index is -0.270. The number of carbonyl (C=O) groups is 1. The minimum absolute atomic E-state index is 0.0332. The summed E-state index contributed by atoms with van der Waals surface area (Å²) in [5.41, 5.74) is 2.68. The number of likely N-dealkylation sites (tertiary alicyclic amines) is 1. The Kier molecular flexibility index (Phi) is 5.47. The molecule has 4 aromatic rings. The van der Waals surface area contributed by atoms with E-state index in [1.165, 1.54) is 12.1 Å². The van der Waals surface area contributed by atoms with Gasteiger partial charge in [-0.25, -0.2) is 14.4 Å². The van der Waals surface area contributed by atoms with Gasteiger partial charge in [0.1, 0.15) is 30.0 Å². The normalized spacial score (nSPS) is 16.6. The number of imidazole rings is 1. The number of hydrogen-bond donors (Lipinski definition) is 0. The van der Waals surface area contributed by atoms with Gasteiger partial charge < -0.3 is 13.9 Å². The molecule has 0 saturated carbocycles. The number of fused-ring (bicyclic) bond motifs is 1. The number of amides is 1. The number of aryl methyl sites for hydroxylation is 1. The van der Waals surface area contributed by atoms with Crippen molar-refractivity contribution >= 4 is 16.9 Å². The predicted molar refractivity (Wildman–Crippen MR) is 118 cm³/mol. The van der Waals surface area contributed by atoms with E-state index in [1.54, 1.807) is 12.3 Å². The standard InChI is InChI=1S/C25H25FN4O2/c1-17-28-21-9-2-3-10-22(21)30(17)16-24(31)29-12-5-4-11-23(29)25-27-15-20(32-25)14-18-7-6-8-19(26)13-18/h2-3,6-10,13,15,23H,4-5,11-12,14,16H2,1H3/t23-/m0/s1. The fourth-order valence-corrected chi connectivity index (χ4v) is 4.51. The number of aromatic nitrogens is 3. The highest BCUT2D eigenvalue weighted by atomic mass is 19.1. The van der Waals surface area contributed by atoms with Gasteiger partial charge in [-0.2, -0.15) is 0 Å². The Morgan fingerprint density at radius 1 is 1.19 bits per heavy atom. The maximum Gasteiger partial charge on any atom is 0.243 e. The second-order valence-electron chi connectivity index (χ2n) is 8.30. The summed E-state index contributed by atoms with van der Waals surface area (Å²) in [6.07, 6.45) is 4.94. The van der Waals surface area contributed by atoms with Crippen molar-refractivity contribution in [3.05, 3.63) is 83.6 Å². The zero-order valence-electron chi connectivity index (χ0n) is 18.0. The quantitative estimate of drug-likeness (QED) is 0.454. The van der Waals surface area contributed by atoms with E-state index in [2.05, 4.69) is 9.97 Å². The molecule has 6 nitrogen and oxygen atoms in total. The highest BCUT2D eigenvalue weighted by molar-refractivity contribution is 5.81. The van der Waals surface area contributed by atoms with Gasteiger partial charge in [0.25, 0.3) is 0 Å². The van der Waals surface area contributed by atoms with Crippen molar-refractivity contribution in [1.29, 1.82) is 0 Å². The average Bonchev–Trinajstić information content (AvgIpc) is 3.38. The lowest BCUT2D eigenvalue weighted by atomic mass is 10.0. The van der Waals surface area contributed by atoms with Crippen molar-refractivity contribution in [3.8, 4) is 0 Å². The van der Waals surface area contributed by atoms with Crippen molar-refractivity contribution < 1.29 is 13.6 Å². The van der Waals surface area contributed by atoms with Gasteiger partial charge in [-0.05, 0) is 56.0 Å². The second-order valence-corrected chi connectivity index (χ2v) is 8.30. The van der Waals surface area contributed by atoms with Crippen LogP contribution < -0.4 is 0 Å². The topological polar surface area (TPSA) is 64.2 Å². The average molecular weight is 432 g/mol. The van der Waals surface area contributed by atoms with E-state index in [4.69, 9.17) is 4.42 Å². The number of benzene rings is 2. The predicted octanol–water partition coefficient (Wildman–Crippen LogP) is 4.82. The Morgan fingerprint density at radius 2 is 2.06 bits per heavy atom. The molecular formula is C25H25FN4O2. The summed E-state index contributed by atoms with van der Waals surface area (Å²) < 4.78 is 21.5. The number of halogens is 1. The summed E-state index contributed by atoms with van der Waals surface area (Å²) in [7, 11) is 0. The summed E-state index contributed by atoms with van der Waals surface area (Å²) in [5, 5.41) is 0. The summed E-state index contributed by atoms with van der Waals surface area (Å²) in [6.45, 7) is 2.84. The number of oxazole rings is 1. The molecule has 2 aromatic carbocycles. The third-order valence-electron chi connectivity index (χ3n) is 6.09. The molecule has 1 aliphatic rings. The van der Waals surface area contributed by atoms with Crippen molar-refractivity contribution in [2.24, 2.45) is 0 Å².